The molecule has 3 aromatic carbocycles. The number of carbonyl (C=O) groups excluding carboxylic acids is 2. The Morgan fingerprint density at radius 1 is 0.919 bits per heavy atom. The van der Waals surface area contributed by atoms with Crippen LogP contribution in [-0.4, -0.2) is 44.3 Å². The minimum Gasteiger partial charge on any atom is -0.355 e. The fourth-order valence-electron chi connectivity index (χ4n) is 4.00. The van der Waals surface area contributed by atoms with Crippen molar-refractivity contribution in [1.29, 1.82) is 0 Å². The van der Waals surface area contributed by atoms with Gasteiger partial charge in [0.05, 0.1) is 10.6 Å². The van der Waals surface area contributed by atoms with Gasteiger partial charge in [0, 0.05) is 13.1 Å². The maximum absolute atomic E-state index is 14.9. The van der Waals surface area contributed by atoms with E-state index >= 15 is 0 Å². The van der Waals surface area contributed by atoms with E-state index in [0.29, 0.717) is 13.0 Å². The van der Waals surface area contributed by atoms with Gasteiger partial charge < -0.3 is 10.2 Å². The van der Waals surface area contributed by atoms with E-state index in [4.69, 9.17) is 0 Å². The number of anilines is 1. The average molecular weight is 526 g/mol. The molecule has 37 heavy (non-hydrogen) atoms. The van der Waals surface area contributed by atoms with Crippen LogP contribution in [0, 0.1) is 12.7 Å². The first-order valence-corrected chi connectivity index (χ1v) is 13.6. The maximum atomic E-state index is 14.9. The monoisotopic (exact) mass is 525 g/mol. The summed E-state index contributed by atoms with van der Waals surface area (Å²) < 4.78 is 43.1. The molecule has 3 rings (SSSR count). The van der Waals surface area contributed by atoms with Crippen molar-refractivity contribution in [2.24, 2.45) is 0 Å². The lowest BCUT2D eigenvalue weighted by atomic mass is 10.1. The molecule has 0 bridgehead atoms. The second-order valence-corrected chi connectivity index (χ2v) is 10.5. The third kappa shape index (κ3) is 6.74. The molecule has 1 atom stereocenters. The Balaban J connectivity index is 2.06. The van der Waals surface area contributed by atoms with Crippen molar-refractivity contribution >= 4 is 27.5 Å². The van der Waals surface area contributed by atoms with E-state index in [2.05, 4.69) is 5.32 Å². The number of amides is 2. The Labute approximate surface area is 218 Å². The number of aryl methyl sites for hydroxylation is 1. The highest BCUT2D eigenvalue weighted by Crippen LogP contribution is 2.27. The van der Waals surface area contributed by atoms with E-state index in [1.54, 1.807) is 26.0 Å². The second-order valence-electron chi connectivity index (χ2n) is 8.60. The Morgan fingerprint density at radius 3 is 2.14 bits per heavy atom. The third-order valence-electron chi connectivity index (χ3n) is 5.94. The summed E-state index contributed by atoms with van der Waals surface area (Å²) in [5.74, 6) is -1.75. The number of nitrogens with zero attached hydrogens (tertiary/aromatic N) is 2. The first-order valence-electron chi connectivity index (χ1n) is 12.1. The first-order chi connectivity index (χ1) is 17.7. The van der Waals surface area contributed by atoms with Crippen molar-refractivity contribution in [3.05, 3.63) is 95.8 Å². The molecule has 1 N–H and O–H groups in total. The molecule has 0 aliphatic rings. The van der Waals surface area contributed by atoms with Crippen LogP contribution in [-0.2, 0) is 26.2 Å². The van der Waals surface area contributed by atoms with Crippen LogP contribution in [0.15, 0.2) is 83.8 Å². The first kappa shape index (κ1) is 27.9. The Kier molecular flexibility index (Phi) is 9.41. The van der Waals surface area contributed by atoms with E-state index in [0.717, 1.165) is 21.5 Å². The zero-order valence-corrected chi connectivity index (χ0v) is 22.0. The molecule has 0 heterocycles. The number of para-hydroxylation sites is 1. The molecule has 0 aliphatic heterocycles. The average Bonchev–Trinajstić information content (AvgIpc) is 2.88. The van der Waals surface area contributed by atoms with Gasteiger partial charge in [-0.05, 0) is 50.1 Å². The lowest BCUT2D eigenvalue weighted by Crippen LogP contribution is -2.52. The smallest absolute Gasteiger partial charge is 0.264 e. The van der Waals surface area contributed by atoms with E-state index in [1.165, 1.54) is 35.2 Å². The van der Waals surface area contributed by atoms with Crippen molar-refractivity contribution in [2.45, 2.75) is 44.7 Å². The number of benzene rings is 3. The Bertz CT molecular complexity index is 1310. The van der Waals surface area contributed by atoms with Crippen molar-refractivity contribution in [3.8, 4) is 0 Å². The summed E-state index contributed by atoms with van der Waals surface area (Å²) in [5, 5.41) is 2.75. The summed E-state index contributed by atoms with van der Waals surface area (Å²) in [7, 11) is -4.31. The molecule has 3 aromatic rings. The van der Waals surface area contributed by atoms with Gasteiger partial charge in [-0.2, -0.15) is 0 Å². The molecule has 0 spiro atoms. The zero-order valence-electron chi connectivity index (χ0n) is 21.2. The standard InChI is InChI=1S/C28H32FN3O4S/c1-4-25(28(34)30-5-2)31(19-22-11-7-6-8-12-22)27(33)20-32(26-14-10-9-13-24(26)29)37(35,36)23-17-15-21(3)16-18-23/h6-18,25H,4-5,19-20H2,1-3H3,(H,30,34)/t25-/m0/s1. The van der Waals surface area contributed by atoms with Crippen LogP contribution in [0.3, 0.4) is 0 Å². The number of hydrogen-bond donors (Lipinski definition) is 1. The maximum Gasteiger partial charge on any atom is 0.264 e. The highest BCUT2D eigenvalue weighted by molar-refractivity contribution is 7.92. The van der Waals surface area contributed by atoms with Crippen LogP contribution in [0.5, 0.6) is 0 Å². The summed E-state index contributed by atoms with van der Waals surface area (Å²) in [6.45, 7) is 5.17. The van der Waals surface area contributed by atoms with Gasteiger partial charge in [0.2, 0.25) is 11.8 Å². The van der Waals surface area contributed by atoms with Gasteiger partial charge in [-0.1, -0.05) is 67.1 Å². The molecule has 7 nitrogen and oxygen atoms in total. The predicted molar refractivity (Wildman–Crippen MR) is 142 cm³/mol. The number of sulfonamides is 1. The van der Waals surface area contributed by atoms with Crippen molar-refractivity contribution in [1.82, 2.24) is 10.2 Å². The molecular weight excluding hydrogens is 493 g/mol. The van der Waals surface area contributed by atoms with E-state index in [1.807, 2.05) is 37.3 Å². The molecule has 0 aliphatic carbocycles. The minimum atomic E-state index is -4.31. The summed E-state index contributed by atoms with van der Waals surface area (Å²) in [4.78, 5) is 28.0. The number of halogens is 1. The molecule has 9 heteroatoms. The van der Waals surface area contributed by atoms with Crippen molar-refractivity contribution in [2.75, 3.05) is 17.4 Å². The molecule has 196 valence electrons. The van der Waals surface area contributed by atoms with E-state index in [9.17, 15) is 22.4 Å². The Hall–Kier alpha value is -3.72. The highest BCUT2D eigenvalue weighted by Gasteiger charge is 2.34. The molecule has 2 amide bonds. The SMILES string of the molecule is CCNC(=O)[C@H](CC)N(Cc1ccccc1)C(=O)CN(c1ccccc1F)S(=O)(=O)c1ccc(C)cc1. The largest absolute Gasteiger partial charge is 0.355 e. The fraction of sp³-hybridized carbons (Fsp3) is 0.286. The van der Waals surface area contributed by atoms with Crippen LogP contribution < -0.4 is 9.62 Å². The van der Waals surface area contributed by atoms with Crippen LogP contribution in [0.1, 0.15) is 31.4 Å². The summed E-state index contributed by atoms with van der Waals surface area (Å²) in [6.07, 6.45) is 0.314. The lowest BCUT2D eigenvalue weighted by Gasteiger charge is -2.33. The quantitative estimate of drug-likeness (QED) is 0.405. The van der Waals surface area contributed by atoms with Gasteiger partial charge in [0.25, 0.3) is 10.0 Å². The number of carbonyl (C=O) groups is 2. The van der Waals surface area contributed by atoms with E-state index < -0.39 is 34.3 Å². The van der Waals surface area contributed by atoms with Gasteiger partial charge in [0.15, 0.2) is 0 Å². The zero-order chi connectivity index (χ0) is 27.0. The van der Waals surface area contributed by atoms with Gasteiger partial charge in [-0.25, -0.2) is 12.8 Å². The van der Waals surface area contributed by atoms with Gasteiger partial charge >= 0.3 is 0 Å². The number of nitrogens with one attached hydrogen (secondary N) is 1. The summed E-state index contributed by atoms with van der Waals surface area (Å²) >= 11 is 0. The second kappa shape index (κ2) is 12.5. The van der Waals surface area contributed by atoms with Crippen molar-refractivity contribution in [3.63, 3.8) is 0 Å². The van der Waals surface area contributed by atoms with Crippen LogP contribution in [0.4, 0.5) is 10.1 Å². The summed E-state index contributed by atoms with van der Waals surface area (Å²) in [6, 6.07) is 19.8. The Morgan fingerprint density at radius 2 is 1.54 bits per heavy atom. The van der Waals surface area contributed by atoms with Gasteiger partial charge in [-0.15, -0.1) is 0 Å². The van der Waals surface area contributed by atoms with Crippen LogP contribution in [0.2, 0.25) is 0 Å². The molecule has 0 aromatic heterocycles. The summed E-state index contributed by atoms with van der Waals surface area (Å²) in [5.41, 5.74) is 1.38. The lowest BCUT2D eigenvalue weighted by molar-refractivity contribution is -0.140. The molecule has 0 radical (unpaired) electrons. The van der Waals surface area contributed by atoms with Gasteiger partial charge in [-0.3, -0.25) is 13.9 Å². The number of hydrogen-bond acceptors (Lipinski definition) is 4. The van der Waals surface area contributed by atoms with E-state index in [-0.39, 0.29) is 23.0 Å². The molecule has 0 saturated carbocycles. The van der Waals surface area contributed by atoms with Gasteiger partial charge in [0.1, 0.15) is 18.4 Å². The highest BCUT2D eigenvalue weighted by atomic mass is 32.2. The van der Waals surface area contributed by atoms with Crippen LogP contribution >= 0.6 is 0 Å². The minimum absolute atomic E-state index is 0.0699. The topological polar surface area (TPSA) is 86.8 Å². The fourth-order valence-corrected chi connectivity index (χ4v) is 5.42. The number of likely N-dealkylation sites (N-methyl/N-ethyl adjacent to an activating group) is 1. The predicted octanol–water partition coefficient (Wildman–Crippen LogP) is 4.27. The number of rotatable bonds is 11. The normalized spacial score (nSPS) is 12.0. The molecule has 0 unspecified atom stereocenters. The van der Waals surface area contributed by atoms with Crippen LogP contribution in [0.25, 0.3) is 0 Å². The molecular formula is C28H32FN3O4S. The van der Waals surface area contributed by atoms with Crippen molar-refractivity contribution < 1.29 is 22.4 Å². The molecule has 0 fully saturated rings. The molecule has 0 saturated heterocycles. The third-order valence-corrected chi connectivity index (χ3v) is 7.72.